The summed E-state index contributed by atoms with van der Waals surface area (Å²) in [6.07, 6.45) is 1.69. The largest absolute Gasteiger partial charge is 0.373 e. The zero-order valence-corrected chi connectivity index (χ0v) is 8.83. The highest BCUT2D eigenvalue weighted by Crippen LogP contribution is 1.96. The molecule has 0 saturated carbocycles. The monoisotopic (exact) mass is 214 g/mol. The highest BCUT2D eigenvalue weighted by atomic mass is 16.5. The lowest BCUT2D eigenvalue weighted by molar-refractivity contribution is -0.127. The Balaban J connectivity index is 1.99. The van der Waals surface area contributed by atoms with E-state index in [0.29, 0.717) is 19.8 Å². The van der Waals surface area contributed by atoms with Crippen LogP contribution in [0.5, 0.6) is 0 Å². The number of carbonyl (C=O) groups is 1. The molecule has 1 heterocycles. The Kier molecular flexibility index (Phi) is 5.99. The van der Waals surface area contributed by atoms with Crippen LogP contribution < -0.4 is 10.6 Å². The second-order valence-electron chi connectivity index (χ2n) is 3.30. The molecule has 1 atom stereocenters. The first kappa shape index (κ1) is 12.2. The normalized spacial score (nSPS) is 20.9. The molecule has 0 spiro atoms. The molecule has 0 bridgehead atoms. The SMILES string of the molecule is C=CCNC(=O)COCC1CNCCO1. The molecule has 0 aromatic heterocycles. The van der Waals surface area contributed by atoms with Gasteiger partial charge in [0.15, 0.2) is 0 Å². The van der Waals surface area contributed by atoms with Crippen molar-refractivity contribution in [3.63, 3.8) is 0 Å². The van der Waals surface area contributed by atoms with Crippen LogP contribution in [0.2, 0.25) is 0 Å². The fourth-order valence-electron chi connectivity index (χ4n) is 1.25. The Morgan fingerprint density at radius 1 is 1.73 bits per heavy atom. The van der Waals surface area contributed by atoms with Gasteiger partial charge in [-0.2, -0.15) is 0 Å². The number of hydrogen-bond acceptors (Lipinski definition) is 4. The van der Waals surface area contributed by atoms with E-state index in [0.717, 1.165) is 13.1 Å². The van der Waals surface area contributed by atoms with Crippen LogP contribution in [0.15, 0.2) is 12.7 Å². The zero-order chi connectivity index (χ0) is 10.9. The first-order valence-corrected chi connectivity index (χ1v) is 5.10. The highest BCUT2D eigenvalue weighted by Gasteiger charge is 2.13. The molecule has 0 aliphatic carbocycles. The van der Waals surface area contributed by atoms with E-state index in [9.17, 15) is 4.79 Å². The van der Waals surface area contributed by atoms with E-state index in [4.69, 9.17) is 9.47 Å². The van der Waals surface area contributed by atoms with Crippen LogP contribution in [0.1, 0.15) is 0 Å². The molecule has 5 nitrogen and oxygen atoms in total. The van der Waals surface area contributed by atoms with Gasteiger partial charge >= 0.3 is 0 Å². The minimum absolute atomic E-state index is 0.0611. The highest BCUT2D eigenvalue weighted by molar-refractivity contribution is 5.77. The molecule has 1 amide bonds. The number of nitrogens with one attached hydrogen (secondary N) is 2. The van der Waals surface area contributed by atoms with Crippen molar-refractivity contribution < 1.29 is 14.3 Å². The van der Waals surface area contributed by atoms with Crippen molar-refractivity contribution in [3.05, 3.63) is 12.7 Å². The molecule has 2 N–H and O–H groups in total. The number of hydrogen-bond donors (Lipinski definition) is 2. The van der Waals surface area contributed by atoms with Crippen LogP contribution in [-0.4, -0.2) is 51.5 Å². The Bertz CT molecular complexity index is 203. The van der Waals surface area contributed by atoms with Crippen LogP contribution in [-0.2, 0) is 14.3 Å². The first-order valence-electron chi connectivity index (χ1n) is 5.10. The fourth-order valence-corrected chi connectivity index (χ4v) is 1.25. The second kappa shape index (κ2) is 7.39. The number of carbonyl (C=O) groups excluding carboxylic acids is 1. The maximum absolute atomic E-state index is 11.1. The van der Waals surface area contributed by atoms with Crippen LogP contribution in [0.3, 0.4) is 0 Å². The van der Waals surface area contributed by atoms with Crippen LogP contribution in [0.4, 0.5) is 0 Å². The predicted molar refractivity (Wildman–Crippen MR) is 56.6 cm³/mol. The summed E-state index contributed by atoms with van der Waals surface area (Å²) in [6, 6.07) is 0. The molecule has 1 aliphatic heterocycles. The van der Waals surface area contributed by atoms with E-state index in [1.807, 2.05) is 0 Å². The average Bonchev–Trinajstić information content (AvgIpc) is 2.28. The van der Waals surface area contributed by atoms with E-state index in [2.05, 4.69) is 17.2 Å². The minimum Gasteiger partial charge on any atom is -0.373 e. The molecule has 1 aliphatic rings. The van der Waals surface area contributed by atoms with Crippen molar-refractivity contribution in [1.82, 2.24) is 10.6 Å². The number of amides is 1. The van der Waals surface area contributed by atoms with Crippen LogP contribution in [0.25, 0.3) is 0 Å². The summed E-state index contributed by atoms with van der Waals surface area (Å²) >= 11 is 0. The molecule has 15 heavy (non-hydrogen) atoms. The summed E-state index contributed by atoms with van der Waals surface area (Å²) in [5.74, 6) is -0.126. The molecular weight excluding hydrogens is 196 g/mol. The summed E-state index contributed by atoms with van der Waals surface area (Å²) < 4.78 is 10.6. The number of morpholine rings is 1. The molecule has 1 saturated heterocycles. The van der Waals surface area contributed by atoms with E-state index in [1.165, 1.54) is 0 Å². The summed E-state index contributed by atoms with van der Waals surface area (Å²) in [4.78, 5) is 11.1. The van der Waals surface area contributed by atoms with Gasteiger partial charge in [-0.25, -0.2) is 0 Å². The van der Waals surface area contributed by atoms with Gasteiger partial charge in [0.1, 0.15) is 6.61 Å². The Labute approximate surface area is 89.8 Å². The van der Waals surface area contributed by atoms with Crippen molar-refractivity contribution in [2.75, 3.05) is 39.5 Å². The van der Waals surface area contributed by atoms with E-state index >= 15 is 0 Å². The van der Waals surface area contributed by atoms with E-state index in [1.54, 1.807) is 6.08 Å². The van der Waals surface area contributed by atoms with Crippen molar-refractivity contribution in [2.24, 2.45) is 0 Å². The molecule has 1 unspecified atom stereocenters. The van der Waals surface area contributed by atoms with Gasteiger partial charge in [-0.15, -0.1) is 6.58 Å². The summed E-state index contributed by atoms with van der Waals surface area (Å²) in [5.41, 5.74) is 0. The standard InChI is InChI=1S/C10H18N2O3/c1-2-3-12-10(13)8-14-7-9-6-11-4-5-15-9/h2,9,11H,1,3-8H2,(H,12,13). The summed E-state index contributed by atoms with van der Waals surface area (Å²) in [7, 11) is 0. The van der Waals surface area contributed by atoms with Gasteiger partial charge < -0.3 is 20.1 Å². The smallest absolute Gasteiger partial charge is 0.246 e. The molecule has 0 aromatic rings. The lowest BCUT2D eigenvalue weighted by Crippen LogP contribution is -2.41. The van der Waals surface area contributed by atoms with Crippen molar-refractivity contribution in [1.29, 1.82) is 0 Å². The molecular formula is C10H18N2O3. The van der Waals surface area contributed by atoms with E-state index < -0.39 is 0 Å². The molecule has 1 fully saturated rings. The van der Waals surface area contributed by atoms with Crippen molar-refractivity contribution in [2.45, 2.75) is 6.10 Å². The maximum atomic E-state index is 11.1. The molecule has 0 radical (unpaired) electrons. The van der Waals surface area contributed by atoms with Gasteiger partial charge in [-0.1, -0.05) is 6.08 Å². The second-order valence-corrected chi connectivity index (χ2v) is 3.30. The van der Waals surface area contributed by atoms with Gasteiger partial charge in [-0.05, 0) is 0 Å². The van der Waals surface area contributed by atoms with Crippen molar-refractivity contribution >= 4 is 5.91 Å². The van der Waals surface area contributed by atoms with Gasteiger partial charge in [0, 0.05) is 19.6 Å². The van der Waals surface area contributed by atoms with Gasteiger partial charge in [0.05, 0.1) is 19.3 Å². The lowest BCUT2D eigenvalue weighted by atomic mass is 10.3. The summed E-state index contributed by atoms with van der Waals surface area (Å²) in [6.45, 7) is 6.88. The number of ether oxygens (including phenoxy) is 2. The van der Waals surface area contributed by atoms with Gasteiger partial charge in [0.25, 0.3) is 0 Å². The molecule has 1 rings (SSSR count). The zero-order valence-electron chi connectivity index (χ0n) is 8.83. The maximum Gasteiger partial charge on any atom is 0.246 e. The van der Waals surface area contributed by atoms with Crippen LogP contribution in [0, 0.1) is 0 Å². The Morgan fingerprint density at radius 2 is 2.60 bits per heavy atom. The third kappa shape index (κ3) is 5.51. The summed E-state index contributed by atoms with van der Waals surface area (Å²) in [5, 5.41) is 5.82. The lowest BCUT2D eigenvalue weighted by Gasteiger charge is -2.23. The third-order valence-corrected chi connectivity index (χ3v) is 1.98. The minimum atomic E-state index is -0.126. The predicted octanol–water partition coefficient (Wildman–Crippen LogP) is -0.706. The van der Waals surface area contributed by atoms with Crippen molar-refractivity contribution in [3.8, 4) is 0 Å². The first-order chi connectivity index (χ1) is 7.33. The van der Waals surface area contributed by atoms with Gasteiger partial charge in [0.2, 0.25) is 5.91 Å². The molecule has 0 aromatic carbocycles. The fraction of sp³-hybridized carbons (Fsp3) is 0.700. The Morgan fingerprint density at radius 3 is 3.27 bits per heavy atom. The number of rotatable bonds is 6. The third-order valence-electron chi connectivity index (χ3n) is 1.98. The Hall–Kier alpha value is -0.910. The van der Waals surface area contributed by atoms with Crippen LogP contribution >= 0.6 is 0 Å². The molecule has 86 valence electrons. The molecule has 5 heteroatoms. The quantitative estimate of drug-likeness (QED) is 0.574. The van der Waals surface area contributed by atoms with E-state index in [-0.39, 0.29) is 18.6 Å². The van der Waals surface area contributed by atoms with Gasteiger partial charge in [-0.3, -0.25) is 4.79 Å². The average molecular weight is 214 g/mol. The topological polar surface area (TPSA) is 59.6 Å².